The first kappa shape index (κ1) is 8.40. The molecule has 0 N–H and O–H groups in total. The highest BCUT2D eigenvalue weighted by Gasteiger charge is 2.13. The van der Waals surface area contributed by atoms with Crippen LogP contribution in [0.3, 0.4) is 0 Å². The van der Waals surface area contributed by atoms with Crippen LogP contribution < -0.4 is 0 Å². The summed E-state index contributed by atoms with van der Waals surface area (Å²) in [6.45, 7) is 8.61. The van der Waals surface area contributed by atoms with Crippen LogP contribution in [0.4, 0.5) is 0 Å². The topological polar surface area (TPSA) is 27.7 Å². The lowest BCUT2D eigenvalue weighted by atomic mass is 10.4. The Labute approximate surface area is 66.9 Å². The second-order valence-electron chi connectivity index (χ2n) is 2.76. The summed E-state index contributed by atoms with van der Waals surface area (Å²) in [5.74, 6) is 0.396. The molecule has 1 aliphatic heterocycles. The van der Waals surface area contributed by atoms with E-state index in [1.807, 2.05) is 13.8 Å². The van der Waals surface area contributed by atoms with Gasteiger partial charge in [0, 0.05) is 0 Å². The van der Waals surface area contributed by atoms with E-state index in [1.54, 1.807) is 0 Å². The number of ether oxygens (including phenoxy) is 3. The van der Waals surface area contributed by atoms with Gasteiger partial charge in [0.25, 0.3) is 5.95 Å². The van der Waals surface area contributed by atoms with Gasteiger partial charge in [-0.05, 0) is 20.4 Å². The Balaban J connectivity index is 2.40. The van der Waals surface area contributed by atoms with Crippen LogP contribution in [0.25, 0.3) is 0 Å². The van der Waals surface area contributed by atoms with Gasteiger partial charge in [-0.2, -0.15) is 0 Å². The van der Waals surface area contributed by atoms with Gasteiger partial charge in [-0.15, -0.1) is 0 Å². The number of hydrogen-bond donors (Lipinski definition) is 0. The summed E-state index contributed by atoms with van der Waals surface area (Å²) in [4.78, 5) is 0. The van der Waals surface area contributed by atoms with E-state index in [-0.39, 0.29) is 12.2 Å². The molecule has 3 nitrogen and oxygen atoms in total. The number of rotatable bonds is 0. The van der Waals surface area contributed by atoms with Crippen molar-refractivity contribution in [1.82, 2.24) is 0 Å². The first-order chi connectivity index (χ1) is 5.18. The molecular formula is C8H14O3. The molecule has 0 saturated carbocycles. The first-order valence-electron chi connectivity index (χ1n) is 3.78. The lowest BCUT2D eigenvalue weighted by Gasteiger charge is -2.23. The van der Waals surface area contributed by atoms with E-state index in [4.69, 9.17) is 14.2 Å². The highest BCUT2D eigenvalue weighted by Crippen LogP contribution is 2.08. The maximum absolute atomic E-state index is 5.35. The maximum atomic E-state index is 5.35. The van der Waals surface area contributed by atoms with Crippen LogP contribution >= 0.6 is 0 Å². The molecule has 2 unspecified atom stereocenters. The van der Waals surface area contributed by atoms with Gasteiger partial charge in [-0.1, -0.05) is 0 Å². The van der Waals surface area contributed by atoms with Crippen molar-refractivity contribution in [3.8, 4) is 0 Å². The van der Waals surface area contributed by atoms with Crippen molar-refractivity contribution in [2.75, 3.05) is 13.2 Å². The summed E-state index contributed by atoms with van der Waals surface area (Å²) in [7, 11) is 0. The fourth-order valence-electron chi connectivity index (χ4n) is 0.851. The van der Waals surface area contributed by atoms with E-state index >= 15 is 0 Å². The van der Waals surface area contributed by atoms with Gasteiger partial charge in [0.05, 0.1) is 12.7 Å². The maximum Gasteiger partial charge on any atom is 0.271 e. The predicted octanol–water partition coefficient (Wildman–Crippen LogP) is 1.30. The zero-order valence-electron chi connectivity index (χ0n) is 7.00. The Bertz CT molecular complexity index is 144. The Kier molecular flexibility index (Phi) is 2.76. The second-order valence-corrected chi connectivity index (χ2v) is 2.76. The molecule has 0 aromatic heterocycles. The molecular weight excluding hydrogens is 144 g/mol. The van der Waals surface area contributed by atoms with Crippen LogP contribution in [0.2, 0.25) is 0 Å². The molecule has 0 amide bonds. The monoisotopic (exact) mass is 158 g/mol. The zero-order valence-corrected chi connectivity index (χ0v) is 7.00. The van der Waals surface area contributed by atoms with E-state index < -0.39 is 0 Å². The van der Waals surface area contributed by atoms with Crippen molar-refractivity contribution in [2.45, 2.75) is 26.1 Å². The largest absolute Gasteiger partial charge is 0.463 e. The molecule has 1 aliphatic rings. The van der Waals surface area contributed by atoms with E-state index in [2.05, 4.69) is 6.58 Å². The van der Waals surface area contributed by atoms with Crippen molar-refractivity contribution in [2.24, 2.45) is 0 Å². The molecule has 0 spiro atoms. The van der Waals surface area contributed by atoms with Crippen LogP contribution in [-0.4, -0.2) is 25.4 Å². The summed E-state index contributed by atoms with van der Waals surface area (Å²) in [6, 6.07) is 0. The minimum atomic E-state index is 0.0326. The lowest BCUT2D eigenvalue weighted by molar-refractivity contribution is -0.107. The summed E-state index contributed by atoms with van der Waals surface area (Å²) in [5.41, 5.74) is 0. The third-order valence-electron chi connectivity index (χ3n) is 1.43. The summed E-state index contributed by atoms with van der Waals surface area (Å²) in [5, 5.41) is 0. The normalized spacial score (nSPS) is 33.1. The molecule has 1 rings (SSSR count). The van der Waals surface area contributed by atoms with Gasteiger partial charge in [-0.25, -0.2) is 0 Å². The Morgan fingerprint density at radius 1 is 1.27 bits per heavy atom. The van der Waals surface area contributed by atoms with Gasteiger partial charge >= 0.3 is 0 Å². The standard InChI is InChI=1S/C8H14O3/c1-6-4-10-8(3)11-7(2)5-9-6/h6-7H,3-5H2,1-2H3. The van der Waals surface area contributed by atoms with Crippen molar-refractivity contribution >= 4 is 0 Å². The van der Waals surface area contributed by atoms with Gasteiger partial charge in [0.1, 0.15) is 12.7 Å². The summed E-state index contributed by atoms with van der Waals surface area (Å²) < 4.78 is 15.7. The van der Waals surface area contributed by atoms with Crippen molar-refractivity contribution < 1.29 is 14.2 Å². The minimum absolute atomic E-state index is 0.0326. The molecule has 1 saturated heterocycles. The van der Waals surface area contributed by atoms with E-state index in [0.717, 1.165) is 0 Å². The molecule has 64 valence electrons. The fourth-order valence-corrected chi connectivity index (χ4v) is 0.851. The molecule has 3 heteroatoms. The predicted molar refractivity (Wildman–Crippen MR) is 41.1 cm³/mol. The molecule has 0 aromatic rings. The van der Waals surface area contributed by atoms with Crippen molar-refractivity contribution in [3.05, 3.63) is 12.5 Å². The van der Waals surface area contributed by atoms with Crippen molar-refractivity contribution in [3.63, 3.8) is 0 Å². The van der Waals surface area contributed by atoms with Gasteiger partial charge in [0.15, 0.2) is 0 Å². The average Bonchev–Trinajstić information content (AvgIpc) is 1.95. The Morgan fingerprint density at radius 3 is 2.73 bits per heavy atom. The van der Waals surface area contributed by atoms with Gasteiger partial charge < -0.3 is 14.2 Å². The van der Waals surface area contributed by atoms with Crippen LogP contribution in [0.15, 0.2) is 12.5 Å². The van der Waals surface area contributed by atoms with Crippen molar-refractivity contribution in [1.29, 1.82) is 0 Å². The minimum Gasteiger partial charge on any atom is -0.463 e. The molecule has 1 heterocycles. The van der Waals surface area contributed by atoms with E-state index in [9.17, 15) is 0 Å². The van der Waals surface area contributed by atoms with Gasteiger partial charge in [-0.3, -0.25) is 0 Å². The Hall–Kier alpha value is -0.700. The molecule has 11 heavy (non-hydrogen) atoms. The molecule has 0 aromatic carbocycles. The van der Waals surface area contributed by atoms with Crippen LogP contribution in [-0.2, 0) is 14.2 Å². The molecule has 0 bridgehead atoms. The SMILES string of the molecule is C=C1OCC(C)OCC(C)O1. The summed E-state index contributed by atoms with van der Waals surface area (Å²) >= 11 is 0. The fraction of sp³-hybridized carbons (Fsp3) is 0.750. The Morgan fingerprint density at radius 2 is 2.00 bits per heavy atom. The first-order valence-corrected chi connectivity index (χ1v) is 3.78. The lowest BCUT2D eigenvalue weighted by Crippen LogP contribution is -2.27. The third kappa shape index (κ3) is 2.80. The van der Waals surface area contributed by atoms with Crippen LogP contribution in [0, 0.1) is 0 Å². The average molecular weight is 158 g/mol. The van der Waals surface area contributed by atoms with Gasteiger partial charge in [0.2, 0.25) is 0 Å². The highest BCUT2D eigenvalue weighted by molar-refractivity contribution is 4.73. The van der Waals surface area contributed by atoms with Crippen LogP contribution in [0.1, 0.15) is 13.8 Å². The summed E-state index contributed by atoms with van der Waals surface area (Å²) in [6.07, 6.45) is 0.156. The zero-order chi connectivity index (χ0) is 8.27. The number of hydrogen-bond acceptors (Lipinski definition) is 3. The quantitative estimate of drug-likeness (QED) is 0.531. The molecule has 0 aliphatic carbocycles. The third-order valence-corrected chi connectivity index (χ3v) is 1.43. The van der Waals surface area contributed by atoms with E-state index in [0.29, 0.717) is 19.2 Å². The molecule has 2 atom stereocenters. The molecule has 0 radical (unpaired) electrons. The molecule has 1 fully saturated rings. The highest BCUT2D eigenvalue weighted by atomic mass is 16.7. The smallest absolute Gasteiger partial charge is 0.271 e. The van der Waals surface area contributed by atoms with E-state index in [1.165, 1.54) is 0 Å². The van der Waals surface area contributed by atoms with Crippen LogP contribution in [0.5, 0.6) is 0 Å². The second kappa shape index (κ2) is 3.62.